The molecule has 0 saturated carbocycles. The molecule has 5 nitrogen and oxygen atoms in total. The second-order valence-electron chi connectivity index (χ2n) is 3.72. The van der Waals surface area contributed by atoms with Crippen LogP contribution in [0.4, 0.5) is 0 Å². The fourth-order valence-electron chi connectivity index (χ4n) is 1.60. The Kier molecular flexibility index (Phi) is 2.62. The first-order valence-electron chi connectivity index (χ1n) is 4.95. The Hall–Kier alpha value is -1.88. The zero-order valence-electron chi connectivity index (χ0n) is 8.79. The number of aliphatic hydroxyl groups is 1. The van der Waals surface area contributed by atoms with Crippen molar-refractivity contribution < 1.29 is 10.2 Å². The van der Waals surface area contributed by atoms with E-state index < -0.39 is 6.10 Å². The van der Waals surface area contributed by atoms with Crippen molar-refractivity contribution in [2.24, 2.45) is 0 Å². The molecule has 2 rings (SSSR count). The molecule has 5 heteroatoms. The molecular weight excluding hydrogens is 208 g/mol. The summed E-state index contributed by atoms with van der Waals surface area (Å²) >= 11 is 0. The topological polar surface area (TPSA) is 75.3 Å². The highest BCUT2D eigenvalue weighted by Gasteiger charge is 2.09. The Morgan fingerprint density at radius 3 is 2.94 bits per heavy atom. The van der Waals surface area contributed by atoms with E-state index >= 15 is 0 Å². The van der Waals surface area contributed by atoms with Gasteiger partial charge in [-0.05, 0) is 19.1 Å². The summed E-state index contributed by atoms with van der Waals surface area (Å²) in [5, 5.41) is 19.0. The Morgan fingerprint density at radius 2 is 2.25 bits per heavy atom. The largest absolute Gasteiger partial charge is 0.507 e. The quantitative estimate of drug-likeness (QED) is 0.772. The van der Waals surface area contributed by atoms with Crippen LogP contribution in [0.5, 0.6) is 5.75 Å². The molecule has 0 amide bonds. The van der Waals surface area contributed by atoms with Crippen LogP contribution in [0.1, 0.15) is 6.92 Å². The molecule has 0 aliphatic heterocycles. The van der Waals surface area contributed by atoms with Crippen LogP contribution in [0.15, 0.2) is 29.3 Å². The number of phenolic OH excluding ortho intramolecular Hbond substituents is 1. The monoisotopic (exact) mass is 220 g/mol. The van der Waals surface area contributed by atoms with Crippen LogP contribution in [0.25, 0.3) is 10.9 Å². The molecule has 0 spiro atoms. The lowest BCUT2D eigenvalue weighted by atomic mass is 10.2. The Bertz CT molecular complexity index is 575. The maximum atomic E-state index is 11.9. The number of fused-ring (bicyclic) bond motifs is 1. The summed E-state index contributed by atoms with van der Waals surface area (Å²) in [6, 6.07) is 4.73. The highest BCUT2D eigenvalue weighted by atomic mass is 16.3. The van der Waals surface area contributed by atoms with E-state index in [4.69, 9.17) is 0 Å². The molecule has 0 fully saturated rings. The van der Waals surface area contributed by atoms with Crippen molar-refractivity contribution in [3.63, 3.8) is 0 Å². The first-order valence-corrected chi connectivity index (χ1v) is 4.95. The van der Waals surface area contributed by atoms with Gasteiger partial charge in [0.25, 0.3) is 5.56 Å². The van der Waals surface area contributed by atoms with E-state index in [-0.39, 0.29) is 23.2 Å². The van der Waals surface area contributed by atoms with Crippen LogP contribution in [-0.4, -0.2) is 25.9 Å². The van der Waals surface area contributed by atoms with Gasteiger partial charge in [-0.1, -0.05) is 6.07 Å². The maximum absolute atomic E-state index is 11.9. The summed E-state index contributed by atoms with van der Waals surface area (Å²) < 4.78 is 1.28. The minimum Gasteiger partial charge on any atom is -0.507 e. The maximum Gasteiger partial charge on any atom is 0.265 e. The summed E-state index contributed by atoms with van der Waals surface area (Å²) in [5.41, 5.74) is 0.107. The summed E-state index contributed by atoms with van der Waals surface area (Å²) in [6.07, 6.45) is 0.736. The van der Waals surface area contributed by atoms with E-state index in [0.717, 1.165) is 0 Å². The third-order valence-corrected chi connectivity index (χ3v) is 2.29. The lowest BCUT2D eigenvalue weighted by Gasteiger charge is -2.08. The van der Waals surface area contributed by atoms with Gasteiger partial charge in [-0.2, -0.15) is 0 Å². The molecule has 2 N–H and O–H groups in total. The SMILES string of the molecule is CC(O)Cn1cnc2cccc(O)c2c1=O. The standard InChI is InChI=1S/C11H12N2O3/c1-7(14)5-13-6-12-8-3-2-4-9(15)10(8)11(13)16/h2-4,6-7,14-15H,5H2,1H3. The molecular formula is C11H12N2O3. The van der Waals surface area contributed by atoms with Gasteiger partial charge in [0.05, 0.1) is 24.5 Å². The van der Waals surface area contributed by atoms with Crippen LogP contribution in [0.3, 0.4) is 0 Å². The van der Waals surface area contributed by atoms with Crippen LogP contribution < -0.4 is 5.56 Å². The fraction of sp³-hybridized carbons (Fsp3) is 0.273. The number of rotatable bonds is 2. The minimum absolute atomic E-state index is 0.0880. The molecule has 0 radical (unpaired) electrons. The normalized spacial score (nSPS) is 12.9. The van der Waals surface area contributed by atoms with Gasteiger partial charge in [-0.3, -0.25) is 9.36 Å². The van der Waals surface area contributed by atoms with Crippen molar-refractivity contribution >= 4 is 10.9 Å². The van der Waals surface area contributed by atoms with Crippen molar-refractivity contribution in [1.29, 1.82) is 0 Å². The zero-order chi connectivity index (χ0) is 11.7. The molecule has 16 heavy (non-hydrogen) atoms. The van der Waals surface area contributed by atoms with E-state index in [2.05, 4.69) is 4.98 Å². The van der Waals surface area contributed by atoms with Crippen LogP contribution in [0, 0.1) is 0 Å². The predicted molar refractivity (Wildman–Crippen MR) is 59.3 cm³/mol. The number of phenols is 1. The molecule has 2 aromatic rings. The molecule has 1 aromatic carbocycles. The van der Waals surface area contributed by atoms with E-state index in [9.17, 15) is 15.0 Å². The average molecular weight is 220 g/mol. The summed E-state index contributed by atoms with van der Waals surface area (Å²) in [6.45, 7) is 1.75. The lowest BCUT2D eigenvalue weighted by molar-refractivity contribution is 0.172. The van der Waals surface area contributed by atoms with Crippen LogP contribution in [0.2, 0.25) is 0 Å². The number of hydrogen-bond acceptors (Lipinski definition) is 4. The number of aliphatic hydroxyl groups excluding tert-OH is 1. The zero-order valence-corrected chi connectivity index (χ0v) is 8.79. The smallest absolute Gasteiger partial charge is 0.265 e. The number of hydrogen-bond donors (Lipinski definition) is 2. The molecule has 1 aromatic heterocycles. The van der Waals surface area contributed by atoms with Gasteiger partial charge in [-0.25, -0.2) is 4.98 Å². The van der Waals surface area contributed by atoms with Gasteiger partial charge >= 0.3 is 0 Å². The number of aromatic hydroxyl groups is 1. The lowest BCUT2D eigenvalue weighted by Crippen LogP contribution is -2.25. The number of nitrogens with zero attached hydrogens (tertiary/aromatic N) is 2. The molecule has 84 valence electrons. The predicted octanol–water partition coefficient (Wildman–Crippen LogP) is 0.483. The van der Waals surface area contributed by atoms with Gasteiger partial charge in [-0.15, -0.1) is 0 Å². The van der Waals surface area contributed by atoms with Crippen molar-refractivity contribution in [3.05, 3.63) is 34.9 Å². The summed E-state index contributed by atoms with van der Waals surface area (Å²) in [5.74, 6) is -0.0880. The Balaban J connectivity index is 2.69. The third-order valence-electron chi connectivity index (χ3n) is 2.29. The summed E-state index contributed by atoms with van der Waals surface area (Å²) in [4.78, 5) is 16.0. The molecule has 1 unspecified atom stereocenters. The fourth-order valence-corrected chi connectivity index (χ4v) is 1.60. The van der Waals surface area contributed by atoms with E-state index in [1.165, 1.54) is 17.0 Å². The van der Waals surface area contributed by atoms with Gasteiger partial charge in [0, 0.05) is 0 Å². The highest BCUT2D eigenvalue weighted by molar-refractivity contribution is 5.83. The van der Waals surface area contributed by atoms with E-state index in [1.807, 2.05) is 0 Å². The average Bonchev–Trinajstić information content (AvgIpc) is 2.22. The van der Waals surface area contributed by atoms with Crippen molar-refractivity contribution in [1.82, 2.24) is 9.55 Å². The van der Waals surface area contributed by atoms with Crippen LogP contribution >= 0.6 is 0 Å². The van der Waals surface area contributed by atoms with E-state index in [1.54, 1.807) is 19.1 Å². The number of benzene rings is 1. The van der Waals surface area contributed by atoms with Gasteiger partial charge in [0.2, 0.25) is 0 Å². The molecule has 0 aliphatic rings. The van der Waals surface area contributed by atoms with Crippen molar-refractivity contribution in [2.45, 2.75) is 19.6 Å². The molecule has 0 bridgehead atoms. The highest BCUT2D eigenvalue weighted by Crippen LogP contribution is 2.18. The molecule has 0 aliphatic carbocycles. The van der Waals surface area contributed by atoms with Crippen molar-refractivity contribution in [2.75, 3.05) is 0 Å². The van der Waals surface area contributed by atoms with Gasteiger partial charge < -0.3 is 10.2 Å². The Labute approximate surface area is 91.6 Å². The second-order valence-corrected chi connectivity index (χ2v) is 3.72. The summed E-state index contributed by atoms with van der Waals surface area (Å²) in [7, 11) is 0. The van der Waals surface area contributed by atoms with Crippen molar-refractivity contribution in [3.8, 4) is 5.75 Å². The second kappa shape index (κ2) is 3.94. The third kappa shape index (κ3) is 1.77. The van der Waals surface area contributed by atoms with Gasteiger partial charge in [0.1, 0.15) is 11.1 Å². The first-order chi connectivity index (χ1) is 7.59. The van der Waals surface area contributed by atoms with E-state index in [0.29, 0.717) is 5.52 Å². The minimum atomic E-state index is -0.636. The number of aromatic nitrogens is 2. The molecule has 1 atom stereocenters. The Morgan fingerprint density at radius 1 is 1.50 bits per heavy atom. The van der Waals surface area contributed by atoms with Gasteiger partial charge in [0.15, 0.2) is 0 Å². The molecule has 0 saturated heterocycles. The van der Waals surface area contributed by atoms with Crippen LogP contribution in [-0.2, 0) is 6.54 Å². The molecule has 1 heterocycles. The first kappa shape index (κ1) is 10.6.